The number of hydrogen-bond acceptors (Lipinski definition) is 7. The maximum absolute atomic E-state index is 14.1. The predicted molar refractivity (Wildman–Crippen MR) is 153 cm³/mol. The normalized spacial score (nSPS) is 17.5. The summed E-state index contributed by atoms with van der Waals surface area (Å²) in [5.74, 6) is 0.969. The quantitative estimate of drug-likeness (QED) is 0.215. The van der Waals surface area contributed by atoms with Crippen LogP contribution in [0.25, 0.3) is 15.9 Å². The van der Waals surface area contributed by atoms with Gasteiger partial charge in [-0.1, -0.05) is 35.9 Å². The van der Waals surface area contributed by atoms with E-state index in [0.717, 1.165) is 60.8 Å². The number of imidazole rings is 1. The van der Waals surface area contributed by atoms with Gasteiger partial charge < -0.3 is 18.8 Å². The zero-order chi connectivity index (χ0) is 27.6. The van der Waals surface area contributed by atoms with Crippen molar-refractivity contribution in [1.82, 2.24) is 14.5 Å². The van der Waals surface area contributed by atoms with Gasteiger partial charge in [-0.15, -0.1) is 11.3 Å². The van der Waals surface area contributed by atoms with Crippen molar-refractivity contribution >= 4 is 44.8 Å². The van der Waals surface area contributed by atoms with Gasteiger partial charge in [0.05, 0.1) is 31.8 Å². The molecule has 0 spiro atoms. The fourth-order valence-corrected chi connectivity index (χ4v) is 6.15. The van der Waals surface area contributed by atoms with E-state index in [0.29, 0.717) is 27.8 Å². The van der Waals surface area contributed by atoms with Crippen molar-refractivity contribution in [1.29, 1.82) is 0 Å². The van der Waals surface area contributed by atoms with Gasteiger partial charge in [-0.25, -0.2) is 14.2 Å². The second kappa shape index (κ2) is 11.7. The van der Waals surface area contributed by atoms with Crippen LogP contribution in [0, 0.1) is 5.82 Å². The number of methoxy groups -OCH3 is 1. The number of thiophene rings is 1. The maximum Gasteiger partial charge on any atom is 0.348 e. The Morgan fingerprint density at radius 2 is 2.12 bits per heavy atom. The topological polar surface area (TPSA) is 65.8 Å². The number of carbonyl (C=O) groups is 1. The van der Waals surface area contributed by atoms with Gasteiger partial charge >= 0.3 is 5.97 Å². The fraction of sp³-hybridized carbons (Fsp3) is 0.333. The highest BCUT2D eigenvalue weighted by Gasteiger charge is 2.25. The van der Waals surface area contributed by atoms with Crippen LogP contribution in [0.15, 0.2) is 54.6 Å². The number of rotatable bonds is 9. The Morgan fingerprint density at radius 1 is 1.25 bits per heavy atom. The van der Waals surface area contributed by atoms with Crippen LogP contribution >= 0.6 is 22.9 Å². The summed E-state index contributed by atoms with van der Waals surface area (Å²) in [4.78, 5) is 20.7. The molecule has 2 aliphatic heterocycles. The summed E-state index contributed by atoms with van der Waals surface area (Å²) in [5.41, 5.74) is 3.79. The van der Waals surface area contributed by atoms with Crippen LogP contribution in [0.2, 0.25) is 5.02 Å². The Hall–Kier alpha value is -3.24. The van der Waals surface area contributed by atoms with Gasteiger partial charge in [0.15, 0.2) is 0 Å². The van der Waals surface area contributed by atoms with Crippen molar-refractivity contribution < 1.29 is 23.4 Å². The average molecular weight is 582 g/mol. The smallest absolute Gasteiger partial charge is 0.348 e. The van der Waals surface area contributed by atoms with E-state index in [1.54, 1.807) is 12.1 Å². The second-order valence-corrected chi connectivity index (χ2v) is 11.4. The number of halogens is 2. The zero-order valence-electron chi connectivity index (χ0n) is 22.1. The molecular formula is C30H29ClFN3O4S. The van der Waals surface area contributed by atoms with Gasteiger partial charge in [-0.05, 0) is 54.3 Å². The molecule has 6 rings (SSSR count). The molecule has 1 atom stereocenters. The highest BCUT2D eigenvalue weighted by Crippen LogP contribution is 2.31. The molecule has 0 N–H and O–H groups in total. The first-order valence-corrected chi connectivity index (χ1v) is 14.4. The maximum atomic E-state index is 14.1. The first-order chi connectivity index (χ1) is 19.5. The summed E-state index contributed by atoms with van der Waals surface area (Å²) in [6, 6.07) is 14.4. The molecule has 4 heterocycles. The van der Waals surface area contributed by atoms with Gasteiger partial charge in [0, 0.05) is 30.3 Å². The Morgan fingerprint density at radius 3 is 2.85 bits per heavy atom. The highest BCUT2D eigenvalue weighted by atomic mass is 35.5. The first kappa shape index (κ1) is 27.0. The van der Waals surface area contributed by atoms with E-state index in [9.17, 15) is 9.18 Å². The minimum Gasteiger partial charge on any atom is -0.489 e. The van der Waals surface area contributed by atoms with Gasteiger partial charge in [0.25, 0.3) is 0 Å². The Bertz CT molecular complexity index is 1580. The molecule has 0 amide bonds. The summed E-state index contributed by atoms with van der Waals surface area (Å²) in [5, 5.41) is 0.366. The van der Waals surface area contributed by atoms with Crippen LogP contribution < -0.4 is 4.74 Å². The number of hydrogen-bond donors (Lipinski definition) is 0. The predicted octanol–water partition coefficient (Wildman–Crippen LogP) is 6.33. The number of aromatic nitrogens is 2. The van der Waals surface area contributed by atoms with Crippen LogP contribution in [0.5, 0.6) is 5.75 Å². The van der Waals surface area contributed by atoms with E-state index in [4.69, 9.17) is 30.8 Å². The molecule has 2 aliphatic rings. The minimum absolute atomic E-state index is 0.135. The molecule has 1 fully saturated rings. The number of nitrogens with zero attached hydrogens (tertiary/aromatic N) is 3. The van der Waals surface area contributed by atoms with E-state index in [2.05, 4.69) is 21.6 Å². The van der Waals surface area contributed by atoms with E-state index in [1.165, 1.54) is 30.1 Å². The number of esters is 1. The Labute approximate surface area is 240 Å². The number of carbonyl (C=O) groups excluding carboxylic acids is 1. The van der Waals surface area contributed by atoms with Gasteiger partial charge in [-0.2, -0.15) is 0 Å². The van der Waals surface area contributed by atoms with Crippen molar-refractivity contribution in [2.45, 2.75) is 38.6 Å². The molecule has 7 nitrogen and oxygen atoms in total. The van der Waals surface area contributed by atoms with E-state index >= 15 is 0 Å². The zero-order valence-corrected chi connectivity index (χ0v) is 23.6. The Kier molecular flexibility index (Phi) is 7.89. The molecule has 4 aromatic rings. The Balaban J connectivity index is 1.13. The molecule has 208 valence electrons. The summed E-state index contributed by atoms with van der Waals surface area (Å²) >= 11 is 7.22. The van der Waals surface area contributed by atoms with E-state index in [1.807, 2.05) is 24.3 Å². The second-order valence-electron chi connectivity index (χ2n) is 9.98. The summed E-state index contributed by atoms with van der Waals surface area (Å²) in [6.45, 7) is 4.05. The first-order valence-electron chi connectivity index (χ1n) is 13.2. The summed E-state index contributed by atoms with van der Waals surface area (Å²) in [7, 11) is 1.39. The molecular weight excluding hydrogens is 553 g/mol. The molecule has 1 saturated heterocycles. The van der Waals surface area contributed by atoms with Gasteiger partial charge in [0.1, 0.15) is 33.7 Å². The molecule has 2 aromatic carbocycles. The molecule has 0 aliphatic carbocycles. The third-order valence-corrected chi connectivity index (χ3v) is 8.60. The lowest BCUT2D eigenvalue weighted by atomic mass is 9.99. The van der Waals surface area contributed by atoms with Crippen molar-refractivity contribution in [3.05, 3.63) is 87.3 Å². The van der Waals surface area contributed by atoms with Crippen LogP contribution in [0.4, 0.5) is 4.39 Å². The molecule has 0 saturated carbocycles. The monoisotopic (exact) mass is 581 g/mol. The van der Waals surface area contributed by atoms with Gasteiger partial charge in [-0.3, -0.25) is 4.90 Å². The summed E-state index contributed by atoms with van der Waals surface area (Å²) in [6.07, 6.45) is 4.35. The minimum atomic E-state index is -0.372. The van der Waals surface area contributed by atoms with Crippen LogP contribution in [0.1, 0.15) is 39.5 Å². The lowest BCUT2D eigenvalue weighted by molar-refractivity contribution is -0.0591. The van der Waals surface area contributed by atoms with Crippen molar-refractivity contribution in [3.8, 4) is 5.75 Å². The van der Waals surface area contributed by atoms with E-state index < -0.39 is 0 Å². The third-order valence-electron chi connectivity index (χ3n) is 7.37. The molecule has 0 bridgehead atoms. The SMILES string of the molecule is COC(=O)c1cc2c(nc(CN3CC=C(c4cccc(OCc5ccc(Cl)cc5F)c4)CC3)n2C[C@@H]2CCO2)s1. The van der Waals surface area contributed by atoms with Crippen molar-refractivity contribution in [3.63, 3.8) is 0 Å². The molecule has 0 unspecified atom stereocenters. The average Bonchev–Trinajstić information content (AvgIpc) is 3.48. The van der Waals surface area contributed by atoms with E-state index in [-0.39, 0.29) is 24.5 Å². The van der Waals surface area contributed by atoms with Crippen LogP contribution in [-0.2, 0) is 29.2 Å². The lowest BCUT2D eigenvalue weighted by Crippen LogP contribution is -2.33. The largest absolute Gasteiger partial charge is 0.489 e. The van der Waals surface area contributed by atoms with Crippen molar-refractivity contribution in [2.75, 3.05) is 26.8 Å². The fourth-order valence-electron chi connectivity index (χ4n) is 5.02. The van der Waals surface area contributed by atoms with Crippen molar-refractivity contribution in [2.24, 2.45) is 0 Å². The molecule has 0 radical (unpaired) electrons. The highest BCUT2D eigenvalue weighted by molar-refractivity contribution is 7.20. The third kappa shape index (κ3) is 5.78. The number of benzene rings is 2. The molecule has 10 heteroatoms. The summed E-state index contributed by atoms with van der Waals surface area (Å²) < 4.78 is 32.8. The molecule has 40 heavy (non-hydrogen) atoms. The number of ether oxygens (including phenoxy) is 3. The van der Waals surface area contributed by atoms with Crippen LogP contribution in [0.3, 0.4) is 0 Å². The van der Waals surface area contributed by atoms with Gasteiger partial charge in [0.2, 0.25) is 0 Å². The standard InChI is InChI=1S/C30H29ClFN3O4S/c1-37-30(36)27-15-26-29(40-27)33-28(35(26)16-24-9-12-38-24)17-34-10-7-19(8-11-34)20-3-2-4-23(13-20)39-18-21-5-6-22(31)14-25(21)32/h2-7,13-15,24H,8-12,16-18H2,1H3/t24-/m0/s1. The number of fused-ring (bicyclic) bond motifs is 1. The molecule has 2 aromatic heterocycles. The lowest BCUT2D eigenvalue weighted by Gasteiger charge is -2.29. The van der Waals surface area contributed by atoms with Crippen LogP contribution in [-0.4, -0.2) is 53.3 Å².